The molecule has 0 aromatic carbocycles. The second-order valence-electron chi connectivity index (χ2n) is 3.36. The van der Waals surface area contributed by atoms with Crippen molar-refractivity contribution >= 4 is 5.69 Å². The molecule has 0 aliphatic rings. The van der Waals surface area contributed by atoms with Crippen molar-refractivity contribution in [2.24, 2.45) is 0 Å². The van der Waals surface area contributed by atoms with Crippen molar-refractivity contribution in [1.82, 2.24) is 9.97 Å². The molecule has 2 aromatic rings. The highest BCUT2D eigenvalue weighted by molar-refractivity contribution is 5.42. The molecule has 2 N–H and O–H groups in total. The molecule has 0 atom stereocenters. The summed E-state index contributed by atoms with van der Waals surface area (Å²) in [5.74, 6) is 0. The van der Waals surface area contributed by atoms with Gasteiger partial charge in [0.1, 0.15) is 0 Å². The Morgan fingerprint density at radius 3 is 2.53 bits per heavy atom. The molecule has 0 amide bonds. The second kappa shape index (κ2) is 4.55. The maximum absolute atomic E-state index is 5.80. The van der Waals surface area contributed by atoms with Gasteiger partial charge < -0.3 is 5.73 Å². The van der Waals surface area contributed by atoms with Gasteiger partial charge >= 0.3 is 0 Å². The highest BCUT2D eigenvalue weighted by Crippen LogP contribution is 2.09. The molecule has 0 fully saturated rings. The standard InChI is InChI=1S/C12H13N3/c13-11-5-3-9-15-12(11)7-6-10-4-1-2-8-14-10/h1-5,8-9H,6-7,13H2. The third-order valence-electron chi connectivity index (χ3n) is 2.27. The lowest BCUT2D eigenvalue weighted by Gasteiger charge is -2.03. The zero-order valence-corrected chi connectivity index (χ0v) is 8.43. The molecular formula is C12H13N3. The van der Waals surface area contributed by atoms with E-state index in [9.17, 15) is 0 Å². The molecule has 0 spiro atoms. The van der Waals surface area contributed by atoms with Crippen LogP contribution in [0.1, 0.15) is 11.4 Å². The number of nitrogens with two attached hydrogens (primary N) is 1. The molecule has 3 heteroatoms. The minimum absolute atomic E-state index is 0.758. The van der Waals surface area contributed by atoms with Crippen LogP contribution in [0.2, 0.25) is 0 Å². The van der Waals surface area contributed by atoms with E-state index in [-0.39, 0.29) is 0 Å². The summed E-state index contributed by atoms with van der Waals surface area (Å²) < 4.78 is 0. The van der Waals surface area contributed by atoms with E-state index in [4.69, 9.17) is 5.73 Å². The van der Waals surface area contributed by atoms with Crippen LogP contribution in [0.4, 0.5) is 5.69 Å². The number of anilines is 1. The smallest absolute Gasteiger partial charge is 0.0636 e. The summed E-state index contributed by atoms with van der Waals surface area (Å²) in [4.78, 5) is 8.50. The fraction of sp³-hybridized carbons (Fsp3) is 0.167. The second-order valence-corrected chi connectivity index (χ2v) is 3.36. The summed E-state index contributed by atoms with van der Waals surface area (Å²) in [6.07, 6.45) is 5.28. The summed E-state index contributed by atoms with van der Waals surface area (Å²) in [5, 5.41) is 0. The van der Waals surface area contributed by atoms with Crippen molar-refractivity contribution < 1.29 is 0 Å². The highest BCUT2D eigenvalue weighted by Gasteiger charge is 2.00. The van der Waals surface area contributed by atoms with Gasteiger partial charge in [-0.15, -0.1) is 0 Å². The molecular weight excluding hydrogens is 186 g/mol. The van der Waals surface area contributed by atoms with Crippen LogP contribution < -0.4 is 5.73 Å². The summed E-state index contributed by atoms with van der Waals surface area (Å²) in [6, 6.07) is 9.64. The van der Waals surface area contributed by atoms with E-state index in [1.165, 1.54) is 0 Å². The Labute approximate surface area is 89.0 Å². The normalized spacial score (nSPS) is 10.1. The number of rotatable bonds is 3. The molecule has 2 aromatic heterocycles. The lowest BCUT2D eigenvalue weighted by Crippen LogP contribution is -2.00. The van der Waals surface area contributed by atoms with Gasteiger partial charge in [0.05, 0.1) is 11.4 Å². The molecule has 2 rings (SSSR count). The van der Waals surface area contributed by atoms with E-state index in [1.54, 1.807) is 12.4 Å². The topological polar surface area (TPSA) is 51.8 Å². The Morgan fingerprint density at radius 1 is 0.933 bits per heavy atom. The molecule has 0 saturated carbocycles. The Morgan fingerprint density at radius 2 is 1.80 bits per heavy atom. The first-order valence-corrected chi connectivity index (χ1v) is 4.95. The maximum Gasteiger partial charge on any atom is 0.0636 e. The van der Waals surface area contributed by atoms with Gasteiger partial charge in [0, 0.05) is 18.1 Å². The van der Waals surface area contributed by atoms with Gasteiger partial charge in [-0.05, 0) is 37.1 Å². The first kappa shape index (κ1) is 9.65. The predicted octanol–water partition coefficient (Wildman–Crippen LogP) is 1.84. The first-order valence-electron chi connectivity index (χ1n) is 4.95. The molecule has 0 aliphatic heterocycles. The minimum atomic E-state index is 0.758. The number of pyridine rings is 2. The predicted molar refractivity (Wildman–Crippen MR) is 60.3 cm³/mol. The minimum Gasteiger partial charge on any atom is -0.397 e. The quantitative estimate of drug-likeness (QED) is 0.820. The fourth-order valence-electron chi connectivity index (χ4n) is 1.45. The molecule has 0 unspecified atom stereocenters. The molecule has 15 heavy (non-hydrogen) atoms. The van der Waals surface area contributed by atoms with Gasteiger partial charge in [-0.25, -0.2) is 0 Å². The molecule has 0 radical (unpaired) electrons. The van der Waals surface area contributed by atoms with Crippen LogP contribution in [0, 0.1) is 0 Å². The summed E-state index contributed by atoms with van der Waals surface area (Å²) >= 11 is 0. The Balaban J connectivity index is 2.03. The van der Waals surface area contributed by atoms with Gasteiger partial charge in [-0.3, -0.25) is 9.97 Å². The number of aromatic nitrogens is 2. The van der Waals surface area contributed by atoms with Crippen LogP contribution in [0.3, 0.4) is 0 Å². The summed E-state index contributed by atoms with van der Waals surface area (Å²) in [7, 11) is 0. The van der Waals surface area contributed by atoms with Crippen molar-refractivity contribution in [1.29, 1.82) is 0 Å². The first-order chi connectivity index (χ1) is 7.36. The van der Waals surface area contributed by atoms with Crippen molar-refractivity contribution in [2.75, 3.05) is 5.73 Å². The summed E-state index contributed by atoms with van der Waals surface area (Å²) in [5.41, 5.74) is 8.58. The highest BCUT2D eigenvalue weighted by atomic mass is 14.7. The van der Waals surface area contributed by atoms with E-state index < -0.39 is 0 Å². The van der Waals surface area contributed by atoms with Crippen LogP contribution in [0.25, 0.3) is 0 Å². The third kappa shape index (κ3) is 2.53. The number of nitrogen functional groups attached to an aromatic ring is 1. The largest absolute Gasteiger partial charge is 0.397 e. The van der Waals surface area contributed by atoms with Crippen molar-refractivity contribution in [3.05, 3.63) is 54.1 Å². The van der Waals surface area contributed by atoms with Gasteiger partial charge in [0.2, 0.25) is 0 Å². The number of aryl methyl sites for hydroxylation is 2. The van der Waals surface area contributed by atoms with Gasteiger partial charge in [-0.2, -0.15) is 0 Å². The lowest BCUT2D eigenvalue weighted by atomic mass is 10.1. The third-order valence-corrected chi connectivity index (χ3v) is 2.27. The van der Waals surface area contributed by atoms with E-state index in [0.717, 1.165) is 29.9 Å². The SMILES string of the molecule is Nc1cccnc1CCc1ccccn1. The van der Waals surface area contributed by atoms with Gasteiger partial charge in [-0.1, -0.05) is 6.07 Å². The van der Waals surface area contributed by atoms with Crippen LogP contribution in [0.15, 0.2) is 42.7 Å². The zero-order chi connectivity index (χ0) is 10.5. The van der Waals surface area contributed by atoms with Crippen molar-refractivity contribution in [3.63, 3.8) is 0 Å². The van der Waals surface area contributed by atoms with E-state index in [1.807, 2.05) is 30.3 Å². The van der Waals surface area contributed by atoms with Gasteiger partial charge in [0.25, 0.3) is 0 Å². The molecule has 0 bridgehead atoms. The molecule has 0 aliphatic carbocycles. The van der Waals surface area contributed by atoms with Gasteiger partial charge in [0.15, 0.2) is 0 Å². The van der Waals surface area contributed by atoms with Crippen molar-refractivity contribution in [2.45, 2.75) is 12.8 Å². The van der Waals surface area contributed by atoms with Crippen LogP contribution in [-0.2, 0) is 12.8 Å². The molecule has 3 nitrogen and oxygen atoms in total. The fourth-order valence-corrected chi connectivity index (χ4v) is 1.45. The number of hydrogen-bond donors (Lipinski definition) is 1. The number of nitrogens with zero attached hydrogens (tertiary/aromatic N) is 2. The van der Waals surface area contributed by atoms with E-state index in [2.05, 4.69) is 9.97 Å². The van der Waals surface area contributed by atoms with Crippen molar-refractivity contribution in [3.8, 4) is 0 Å². The molecule has 76 valence electrons. The Bertz CT molecular complexity index is 426. The molecule has 2 heterocycles. The molecule has 0 saturated heterocycles. The lowest BCUT2D eigenvalue weighted by molar-refractivity contribution is 0.883. The zero-order valence-electron chi connectivity index (χ0n) is 8.43. The Hall–Kier alpha value is -1.90. The average Bonchev–Trinajstić information content (AvgIpc) is 2.29. The number of hydrogen-bond acceptors (Lipinski definition) is 3. The average molecular weight is 199 g/mol. The van der Waals surface area contributed by atoms with Crippen LogP contribution in [-0.4, -0.2) is 9.97 Å². The van der Waals surface area contributed by atoms with E-state index >= 15 is 0 Å². The van der Waals surface area contributed by atoms with Crippen LogP contribution >= 0.6 is 0 Å². The van der Waals surface area contributed by atoms with E-state index in [0.29, 0.717) is 0 Å². The van der Waals surface area contributed by atoms with Crippen LogP contribution in [0.5, 0.6) is 0 Å². The Kier molecular flexibility index (Phi) is 2.93. The summed E-state index contributed by atoms with van der Waals surface area (Å²) in [6.45, 7) is 0. The monoisotopic (exact) mass is 199 g/mol. The maximum atomic E-state index is 5.80.